The van der Waals surface area contributed by atoms with E-state index in [9.17, 15) is 9.50 Å². The number of hydrogen-bond acceptors (Lipinski definition) is 2. The Morgan fingerprint density at radius 1 is 1.53 bits per heavy atom. The van der Waals surface area contributed by atoms with Gasteiger partial charge in [-0.15, -0.1) is 0 Å². The van der Waals surface area contributed by atoms with Crippen LogP contribution >= 0.6 is 11.6 Å². The third-order valence-corrected chi connectivity index (χ3v) is 2.96. The van der Waals surface area contributed by atoms with Crippen LogP contribution in [0, 0.1) is 5.82 Å². The zero-order valence-corrected chi connectivity index (χ0v) is 9.39. The highest BCUT2D eigenvalue weighted by Gasteiger charge is 2.25. The molecule has 0 heterocycles. The minimum Gasteiger partial charge on any atom is -0.388 e. The van der Waals surface area contributed by atoms with Gasteiger partial charge in [-0.1, -0.05) is 24.6 Å². The molecular weight excluding hydrogens is 217 g/mol. The smallest absolute Gasteiger partial charge is 0.127 e. The molecule has 3 N–H and O–H groups in total. The molecule has 0 aliphatic carbocycles. The molecule has 1 rings (SSSR count). The van der Waals surface area contributed by atoms with Crippen LogP contribution in [0.15, 0.2) is 18.2 Å². The Morgan fingerprint density at radius 3 is 2.67 bits per heavy atom. The summed E-state index contributed by atoms with van der Waals surface area (Å²) in [6.07, 6.45) is 0.611. The molecule has 0 bridgehead atoms. The van der Waals surface area contributed by atoms with Gasteiger partial charge in [0.25, 0.3) is 0 Å². The minimum atomic E-state index is -1.08. The molecule has 0 aliphatic heterocycles. The Labute approximate surface area is 93.9 Å². The summed E-state index contributed by atoms with van der Waals surface area (Å²) < 4.78 is 13.4. The van der Waals surface area contributed by atoms with Crippen molar-refractivity contribution in [3.05, 3.63) is 34.6 Å². The fraction of sp³-hybridized carbons (Fsp3) is 0.455. The summed E-state index contributed by atoms with van der Waals surface area (Å²) in [5.41, 5.74) is 4.70. The van der Waals surface area contributed by atoms with Crippen molar-refractivity contribution in [3.8, 4) is 0 Å². The van der Waals surface area contributed by atoms with Crippen molar-refractivity contribution in [1.82, 2.24) is 0 Å². The van der Waals surface area contributed by atoms with Crippen LogP contribution < -0.4 is 5.73 Å². The average molecular weight is 232 g/mol. The first-order valence-electron chi connectivity index (χ1n) is 4.88. The number of halogens is 2. The first kappa shape index (κ1) is 12.4. The van der Waals surface area contributed by atoms with Crippen molar-refractivity contribution in [2.24, 2.45) is 5.73 Å². The summed E-state index contributed by atoms with van der Waals surface area (Å²) >= 11 is 5.86. The second-order valence-electron chi connectivity index (χ2n) is 3.66. The van der Waals surface area contributed by atoms with E-state index >= 15 is 0 Å². The van der Waals surface area contributed by atoms with Gasteiger partial charge in [0.15, 0.2) is 0 Å². The first-order valence-corrected chi connectivity index (χ1v) is 5.25. The zero-order chi connectivity index (χ0) is 11.5. The first-order chi connectivity index (χ1) is 7.02. The summed E-state index contributed by atoms with van der Waals surface area (Å²) in [7, 11) is 0. The van der Waals surface area contributed by atoms with Crippen molar-refractivity contribution in [3.63, 3.8) is 0 Å². The molecule has 0 fully saturated rings. The van der Waals surface area contributed by atoms with Crippen molar-refractivity contribution in [2.75, 3.05) is 6.54 Å². The molecule has 4 heteroatoms. The molecule has 0 saturated heterocycles. The Balaban J connectivity index is 2.98. The topological polar surface area (TPSA) is 46.2 Å². The lowest BCUT2D eigenvalue weighted by atomic mass is 9.92. The molecular formula is C11H15ClFNO. The predicted octanol–water partition coefficient (Wildman–Crippen LogP) is 2.12. The molecule has 2 nitrogen and oxygen atoms in total. The normalized spacial score (nSPS) is 15.0. The number of benzene rings is 1. The van der Waals surface area contributed by atoms with Gasteiger partial charge in [-0.05, 0) is 18.6 Å². The summed E-state index contributed by atoms with van der Waals surface area (Å²) in [5, 5.41) is 10.3. The molecule has 0 spiro atoms. The van der Waals surface area contributed by atoms with Crippen molar-refractivity contribution in [2.45, 2.75) is 25.4 Å². The van der Waals surface area contributed by atoms with Gasteiger partial charge in [0.1, 0.15) is 5.82 Å². The molecule has 0 aliphatic rings. The highest BCUT2D eigenvalue weighted by molar-refractivity contribution is 6.31. The van der Waals surface area contributed by atoms with E-state index in [0.29, 0.717) is 17.0 Å². The molecule has 0 amide bonds. The maximum Gasteiger partial charge on any atom is 0.127 e. The summed E-state index contributed by atoms with van der Waals surface area (Å²) in [5.74, 6) is -0.400. The van der Waals surface area contributed by atoms with Crippen molar-refractivity contribution in [1.29, 1.82) is 0 Å². The van der Waals surface area contributed by atoms with E-state index in [1.165, 1.54) is 12.1 Å². The lowest BCUT2D eigenvalue weighted by Gasteiger charge is -2.25. The third kappa shape index (κ3) is 2.91. The van der Waals surface area contributed by atoms with E-state index in [0.717, 1.165) is 0 Å². The summed E-state index contributed by atoms with van der Waals surface area (Å²) in [6.45, 7) is 1.90. The zero-order valence-electron chi connectivity index (χ0n) is 8.63. The van der Waals surface area contributed by atoms with Crippen LogP contribution in [0.4, 0.5) is 4.39 Å². The van der Waals surface area contributed by atoms with E-state index in [4.69, 9.17) is 17.3 Å². The standard InChI is InChI=1S/C11H15ClFNO/c1-2-11(15,7-14)6-8-9(12)4-3-5-10(8)13/h3-5,15H,2,6-7,14H2,1H3. The number of hydrogen-bond donors (Lipinski definition) is 2. The monoisotopic (exact) mass is 231 g/mol. The fourth-order valence-corrected chi connectivity index (χ4v) is 1.60. The number of aliphatic hydroxyl groups is 1. The average Bonchev–Trinajstić information content (AvgIpc) is 2.23. The van der Waals surface area contributed by atoms with Crippen LogP contribution in [-0.2, 0) is 6.42 Å². The number of nitrogens with two attached hydrogens (primary N) is 1. The van der Waals surface area contributed by atoms with Gasteiger partial charge in [0, 0.05) is 23.6 Å². The van der Waals surface area contributed by atoms with Gasteiger partial charge in [-0.25, -0.2) is 4.39 Å². The molecule has 0 aromatic heterocycles. The largest absolute Gasteiger partial charge is 0.388 e. The second-order valence-corrected chi connectivity index (χ2v) is 4.07. The molecule has 0 saturated carbocycles. The predicted molar refractivity (Wildman–Crippen MR) is 59.4 cm³/mol. The lowest BCUT2D eigenvalue weighted by molar-refractivity contribution is 0.0448. The van der Waals surface area contributed by atoms with Crippen LogP contribution in [0.3, 0.4) is 0 Å². The third-order valence-electron chi connectivity index (χ3n) is 2.61. The Hall–Kier alpha value is -0.640. The second kappa shape index (κ2) is 4.92. The van der Waals surface area contributed by atoms with Crippen LogP contribution in [-0.4, -0.2) is 17.3 Å². The molecule has 1 aromatic rings. The Morgan fingerprint density at radius 2 is 2.20 bits per heavy atom. The quantitative estimate of drug-likeness (QED) is 0.834. The van der Waals surface area contributed by atoms with E-state index < -0.39 is 11.4 Å². The van der Waals surface area contributed by atoms with Crippen LogP contribution in [0.1, 0.15) is 18.9 Å². The minimum absolute atomic E-state index is 0.0914. The van der Waals surface area contributed by atoms with Crippen molar-refractivity contribution >= 4 is 11.6 Å². The van der Waals surface area contributed by atoms with Gasteiger partial charge in [-0.2, -0.15) is 0 Å². The lowest BCUT2D eigenvalue weighted by Crippen LogP contribution is -2.39. The number of rotatable bonds is 4. The van der Waals surface area contributed by atoms with E-state index in [1.807, 2.05) is 6.92 Å². The molecule has 15 heavy (non-hydrogen) atoms. The van der Waals surface area contributed by atoms with Gasteiger partial charge in [0.2, 0.25) is 0 Å². The van der Waals surface area contributed by atoms with Gasteiger partial charge in [-0.3, -0.25) is 0 Å². The maximum atomic E-state index is 13.4. The Bertz CT molecular complexity index is 319. The highest BCUT2D eigenvalue weighted by atomic mass is 35.5. The van der Waals surface area contributed by atoms with Crippen LogP contribution in [0.25, 0.3) is 0 Å². The van der Waals surface area contributed by atoms with Gasteiger partial charge < -0.3 is 10.8 Å². The van der Waals surface area contributed by atoms with Crippen LogP contribution in [0.5, 0.6) is 0 Å². The van der Waals surface area contributed by atoms with E-state index in [2.05, 4.69) is 0 Å². The van der Waals surface area contributed by atoms with Gasteiger partial charge >= 0.3 is 0 Å². The molecule has 1 atom stereocenters. The fourth-order valence-electron chi connectivity index (χ4n) is 1.37. The van der Waals surface area contributed by atoms with E-state index in [-0.39, 0.29) is 13.0 Å². The summed E-state index contributed by atoms with van der Waals surface area (Å²) in [4.78, 5) is 0. The SMILES string of the molecule is CCC(O)(CN)Cc1c(F)cccc1Cl. The van der Waals surface area contributed by atoms with Crippen LogP contribution in [0.2, 0.25) is 5.02 Å². The van der Waals surface area contributed by atoms with E-state index in [1.54, 1.807) is 6.07 Å². The van der Waals surface area contributed by atoms with Crippen molar-refractivity contribution < 1.29 is 9.50 Å². The maximum absolute atomic E-state index is 13.4. The molecule has 84 valence electrons. The molecule has 0 radical (unpaired) electrons. The Kier molecular flexibility index (Phi) is 4.08. The summed E-state index contributed by atoms with van der Waals surface area (Å²) in [6, 6.07) is 4.47. The highest BCUT2D eigenvalue weighted by Crippen LogP contribution is 2.25. The molecule has 1 unspecified atom stereocenters. The molecule has 1 aromatic carbocycles. The van der Waals surface area contributed by atoms with Gasteiger partial charge in [0.05, 0.1) is 5.60 Å².